The summed E-state index contributed by atoms with van der Waals surface area (Å²) >= 11 is 0. The molecule has 3 N–H and O–H groups in total. The Hall–Kier alpha value is -1.42. The highest BCUT2D eigenvalue weighted by Crippen LogP contribution is 2.29. The number of carbonyl (C=O) groups is 1. The van der Waals surface area contributed by atoms with Crippen molar-refractivity contribution in [3.8, 4) is 0 Å². The van der Waals surface area contributed by atoms with Crippen LogP contribution in [0.1, 0.15) is 24.0 Å². The van der Waals surface area contributed by atoms with Crippen LogP contribution in [0.25, 0.3) is 0 Å². The van der Waals surface area contributed by atoms with Gasteiger partial charge in [-0.1, -0.05) is 29.8 Å². The lowest BCUT2D eigenvalue weighted by atomic mass is 9.76. The Balaban J connectivity index is 3.16. The number of aliphatic carboxylic acids is 1. The number of halogens is 1. The lowest BCUT2D eigenvalue weighted by Crippen LogP contribution is -2.43. The maximum absolute atomic E-state index is 12.3. The first kappa shape index (κ1) is 13.6. The second-order valence-electron chi connectivity index (χ2n) is 4.25. The molecule has 0 aliphatic rings. The molecule has 1 rings (SSSR count). The fourth-order valence-electron chi connectivity index (χ4n) is 1.99. The van der Waals surface area contributed by atoms with Gasteiger partial charge < -0.3 is 10.8 Å². The normalized spacial score (nSPS) is 14.3. The molecule has 1 aromatic rings. The van der Waals surface area contributed by atoms with Crippen LogP contribution in [0.3, 0.4) is 0 Å². The Labute approximate surface area is 100 Å². The van der Waals surface area contributed by atoms with Crippen LogP contribution in [-0.2, 0) is 10.2 Å². The largest absolute Gasteiger partial charge is 0.481 e. The predicted octanol–water partition coefficient (Wildman–Crippen LogP) is 2.03. The molecule has 0 fully saturated rings. The van der Waals surface area contributed by atoms with Crippen LogP contribution in [0.4, 0.5) is 4.39 Å². The van der Waals surface area contributed by atoms with Crippen molar-refractivity contribution >= 4 is 5.97 Å². The summed E-state index contributed by atoms with van der Waals surface area (Å²) in [5.74, 6) is -0.987. The van der Waals surface area contributed by atoms with E-state index in [1.807, 2.05) is 13.0 Å². The number of rotatable bonds is 6. The first-order valence-corrected chi connectivity index (χ1v) is 5.63. The van der Waals surface area contributed by atoms with E-state index < -0.39 is 18.1 Å². The lowest BCUT2D eigenvalue weighted by molar-refractivity contribution is -0.143. The van der Waals surface area contributed by atoms with Crippen LogP contribution in [0.15, 0.2) is 24.3 Å². The van der Waals surface area contributed by atoms with Gasteiger partial charge in [0.1, 0.15) is 5.41 Å². The smallest absolute Gasteiger partial charge is 0.315 e. The van der Waals surface area contributed by atoms with Gasteiger partial charge in [-0.2, -0.15) is 0 Å². The molecule has 4 heteroatoms. The molecule has 0 spiro atoms. The fourth-order valence-corrected chi connectivity index (χ4v) is 1.99. The molecule has 1 aromatic carbocycles. The predicted molar refractivity (Wildman–Crippen MR) is 64.8 cm³/mol. The molecule has 0 bridgehead atoms. The van der Waals surface area contributed by atoms with E-state index in [1.54, 1.807) is 18.2 Å². The summed E-state index contributed by atoms with van der Waals surface area (Å²) < 4.78 is 12.3. The molecule has 94 valence electrons. The average Bonchev–Trinajstić information content (AvgIpc) is 2.30. The zero-order valence-electron chi connectivity index (χ0n) is 9.95. The van der Waals surface area contributed by atoms with E-state index >= 15 is 0 Å². The minimum Gasteiger partial charge on any atom is -0.481 e. The summed E-state index contributed by atoms with van der Waals surface area (Å²) in [5.41, 5.74) is 6.09. The van der Waals surface area contributed by atoms with Crippen molar-refractivity contribution in [2.24, 2.45) is 5.73 Å². The molecule has 0 saturated heterocycles. The summed E-state index contributed by atoms with van der Waals surface area (Å²) in [5, 5.41) is 9.39. The van der Waals surface area contributed by atoms with Crippen LogP contribution < -0.4 is 5.73 Å². The molecular weight excluding hydrogens is 221 g/mol. The molecule has 0 radical (unpaired) electrons. The first-order valence-electron chi connectivity index (χ1n) is 5.63. The van der Waals surface area contributed by atoms with Gasteiger partial charge in [0, 0.05) is 6.54 Å². The van der Waals surface area contributed by atoms with E-state index in [2.05, 4.69) is 0 Å². The second-order valence-corrected chi connectivity index (χ2v) is 4.25. The molecule has 0 aliphatic carbocycles. The van der Waals surface area contributed by atoms with Gasteiger partial charge in [-0.15, -0.1) is 0 Å². The molecular formula is C13H18FNO2. The monoisotopic (exact) mass is 239 g/mol. The number of carboxylic acids is 1. The molecule has 0 amide bonds. The molecule has 17 heavy (non-hydrogen) atoms. The Morgan fingerprint density at radius 3 is 2.71 bits per heavy atom. The highest BCUT2D eigenvalue weighted by atomic mass is 19.1. The number of aryl methyl sites for hydroxylation is 1. The molecule has 0 aliphatic heterocycles. The highest BCUT2D eigenvalue weighted by molar-refractivity contribution is 5.81. The minimum atomic E-state index is -1.17. The van der Waals surface area contributed by atoms with Gasteiger partial charge in [0.05, 0.1) is 6.67 Å². The summed E-state index contributed by atoms with van der Waals surface area (Å²) in [7, 11) is 0. The zero-order chi connectivity index (χ0) is 12.9. The van der Waals surface area contributed by atoms with Gasteiger partial charge in [-0.05, 0) is 25.3 Å². The van der Waals surface area contributed by atoms with E-state index in [-0.39, 0.29) is 19.4 Å². The topological polar surface area (TPSA) is 63.3 Å². The van der Waals surface area contributed by atoms with Gasteiger partial charge in [-0.3, -0.25) is 9.18 Å². The van der Waals surface area contributed by atoms with E-state index in [9.17, 15) is 14.3 Å². The number of hydrogen-bond donors (Lipinski definition) is 2. The summed E-state index contributed by atoms with van der Waals surface area (Å²) in [6.45, 7) is 1.34. The Bertz CT molecular complexity index is 395. The van der Waals surface area contributed by atoms with E-state index in [1.165, 1.54) is 0 Å². The van der Waals surface area contributed by atoms with Crippen LogP contribution in [0.5, 0.6) is 0 Å². The maximum atomic E-state index is 12.3. The Morgan fingerprint density at radius 2 is 2.24 bits per heavy atom. The summed E-state index contributed by atoms with van der Waals surface area (Å²) in [6.07, 6.45) is 0.427. The highest BCUT2D eigenvalue weighted by Gasteiger charge is 2.38. The van der Waals surface area contributed by atoms with Crippen LogP contribution in [0, 0.1) is 6.92 Å². The third-order valence-corrected chi connectivity index (χ3v) is 3.07. The van der Waals surface area contributed by atoms with Gasteiger partial charge >= 0.3 is 5.97 Å². The summed E-state index contributed by atoms with van der Waals surface area (Å²) in [6, 6.07) is 7.24. The second kappa shape index (κ2) is 5.77. The van der Waals surface area contributed by atoms with Crippen molar-refractivity contribution in [1.29, 1.82) is 0 Å². The van der Waals surface area contributed by atoms with Crippen LogP contribution >= 0.6 is 0 Å². The molecule has 1 atom stereocenters. The van der Waals surface area contributed by atoms with E-state index in [0.717, 1.165) is 5.56 Å². The van der Waals surface area contributed by atoms with Crippen molar-refractivity contribution < 1.29 is 14.3 Å². The molecule has 0 aromatic heterocycles. The molecule has 3 nitrogen and oxygen atoms in total. The molecule has 0 saturated carbocycles. The van der Waals surface area contributed by atoms with Crippen LogP contribution in [-0.4, -0.2) is 24.3 Å². The number of hydrogen-bond acceptors (Lipinski definition) is 2. The quantitative estimate of drug-likeness (QED) is 0.798. The zero-order valence-corrected chi connectivity index (χ0v) is 9.95. The SMILES string of the molecule is Cc1cccc(C(CN)(CCCF)C(=O)O)c1. The molecule has 0 heterocycles. The maximum Gasteiger partial charge on any atom is 0.315 e. The Kier molecular flexibility index (Phi) is 4.63. The van der Waals surface area contributed by atoms with Crippen molar-refractivity contribution in [2.75, 3.05) is 13.2 Å². The van der Waals surface area contributed by atoms with Crippen molar-refractivity contribution in [3.05, 3.63) is 35.4 Å². The van der Waals surface area contributed by atoms with Crippen molar-refractivity contribution in [1.82, 2.24) is 0 Å². The third kappa shape index (κ3) is 2.82. The number of nitrogens with two attached hydrogens (primary N) is 1. The standard InChI is InChI=1S/C13H18FNO2/c1-10-4-2-5-11(8-10)13(9-15,12(16)17)6-3-7-14/h2,4-5,8H,3,6-7,9,15H2,1H3,(H,16,17). The number of carboxylic acid groups (broad SMARTS) is 1. The van der Waals surface area contributed by atoms with Crippen molar-refractivity contribution in [3.63, 3.8) is 0 Å². The molecule has 1 unspecified atom stereocenters. The Morgan fingerprint density at radius 1 is 1.53 bits per heavy atom. The number of benzene rings is 1. The van der Waals surface area contributed by atoms with Gasteiger partial charge in [0.2, 0.25) is 0 Å². The van der Waals surface area contributed by atoms with Gasteiger partial charge in [0.25, 0.3) is 0 Å². The van der Waals surface area contributed by atoms with Crippen molar-refractivity contribution in [2.45, 2.75) is 25.2 Å². The third-order valence-electron chi connectivity index (χ3n) is 3.07. The van der Waals surface area contributed by atoms with Crippen LogP contribution in [0.2, 0.25) is 0 Å². The van der Waals surface area contributed by atoms with Gasteiger partial charge in [0.15, 0.2) is 0 Å². The fraction of sp³-hybridized carbons (Fsp3) is 0.462. The van der Waals surface area contributed by atoms with Gasteiger partial charge in [-0.25, -0.2) is 0 Å². The average molecular weight is 239 g/mol. The summed E-state index contributed by atoms with van der Waals surface area (Å²) in [4.78, 5) is 11.5. The first-order chi connectivity index (χ1) is 8.06. The minimum absolute atomic E-state index is 0.0220. The van der Waals surface area contributed by atoms with E-state index in [0.29, 0.717) is 5.56 Å². The van der Waals surface area contributed by atoms with E-state index in [4.69, 9.17) is 5.73 Å². The number of alkyl halides is 1. The lowest BCUT2D eigenvalue weighted by Gasteiger charge is -2.28.